The predicted molar refractivity (Wildman–Crippen MR) is 87.5 cm³/mol. The molecule has 3 nitrogen and oxygen atoms in total. The van der Waals surface area contributed by atoms with Gasteiger partial charge in [0.1, 0.15) is 5.82 Å². The molecule has 0 saturated heterocycles. The fourth-order valence-corrected chi connectivity index (χ4v) is 2.55. The molecule has 21 heavy (non-hydrogen) atoms. The number of nitrogens with one attached hydrogen (secondary N) is 2. The standard InChI is InChI=1S/C18H21N3/c1-14(15-7-3-2-4-8-15)13-19-12-11-18-20-16-9-5-6-10-17(16)21-18/h2-10,14,19H,11-13H2,1H3,(H,20,21)/t14-/m0/s1. The Morgan fingerprint density at radius 1 is 1.05 bits per heavy atom. The predicted octanol–water partition coefficient (Wildman–Crippen LogP) is 3.50. The lowest BCUT2D eigenvalue weighted by molar-refractivity contribution is 0.610. The quantitative estimate of drug-likeness (QED) is 0.678. The summed E-state index contributed by atoms with van der Waals surface area (Å²) in [7, 11) is 0. The SMILES string of the molecule is C[C@@H](CNCCc1nc2ccccc2[nH]1)c1ccccc1. The number of hydrogen-bond donors (Lipinski definition) is 2. The number of imidazole rings is 1. The Morgan fingerprint density at radius 3 is 2.62 bits per heavy atom. The molecule has 0 aliphatic heterocycles. The fraction of sp³-hybridized carbons (Fsp3) is 0.278. The third-order valence-electron chi connectivity index (χ3n) is 3.80. The zero-order chi connectivity index (χ0) is 14.5. The van der Waals surface area contributed by atoms with E-state index in [1.54, 1.807) is 0 Å². The summed E-state index contributed by atoms with van der Waals surface area (Å²) < 4.78 is 0. The molecule has 0 aliphatic rings. The van der Waals surface area contributed by atoms with Crippen LogP contribution in [0, 0.1) is 0 Å². The normalized spacial score (nSPS) is 12.6. The Balaban J connectivity index is 1.48. The van der Waals surface area contributed by atoms with Crippen molar-refractivity contribution >= 4 is 11.0 Å². The number of benzene rings is 2. The fourth-order valence-electron chi connectivity index (χ4n) is 2.55. The largest absolute Gasteiger partial charge is 0.342 e. The maximum absolute atomic E-state index is 4.59. The first kappa shape index (κ1) is 13.8. The highest BCUT2D eigenvalue weighted by Gasteiger charge is 2.05. The van der Waals surface area contributed by atoms with Crippen molar-refractivity contribution in [3.63, 3.8) is 0 Å². The van der Waals surface area contributed by atoms with Gasteiger partial charge in [-0.05, 0) is 23.6 Å². The molecule has 0 radical (unpaired) electrons. The molecule has 3 aromatic rings. The molecule has 2 aromatic carbocycles. The third-order valence-corrected chi connectivity index (χ3v) is 3.80. The molecule has 108 valence electrons. The van der Waals surface area contributed by atoms with E-state index in [1.165, 1.54) is 5.56 Å². The summed E-state index contributed by atoms with van der Waals surface area (Å²) in [6, 6.07) is 18.8. The van der Waals surface area contributed by atoms with E-state index in [2.05, 4.69) is 58.6 Å². The Bertz CT molecular complexity index is 655. The van der Waals surface area contributed by atoms with E-state index in [1.807, 2.05) is 18.2 Å². The first-order valence-corrected chi connectivity index (χ1v) is 7.52. The maximum atomic E-state index is 4.59. The molecule has 0 amide bonds. The minimum absolute atomic E-state index is 0.530. The minimum Gasteiger partial charge on any atom is -0.342 e. The van der Waals surface area contributed by atoms with Crippen LogP contribution in [0.2, 0.25) is 0 Å². The van der Waals surface area contributed by atoms with Crippen molar-refractivity contribution in [2.24, 2.45) is 0 Å². The summed E-state index contributed by atoms with van der Waals surface area (Å²) in [5.74, 6) is 1.58. The van der Waals surface area contributed by atoms with Crippen LogP contribution < -0.4 is 5.32 Å². The molecule has 0 bridgehead atoms. The third kappa shape index (κ3) is 3.50. The van der Waals surface area contributed by atoms with Crippen molar-refractivity contribution in [1.29, 1.82) is 0 Å². The van der Waals surface area contributed by atoms with Gasteiger partial charge in [0.15, 0.2) is 0 Å². The highest BCUT2D eigenvalue weighted by molar-refractivity contribution is 5.74. The summed E-state index contributed by atoms with van der Waals surface area (Å²) >= 11 is 0. The van der Waals surface area contributed by atoms with Gasteiger partial charge in [-0.3, -0.25) is 0 Å². The van der Waals surface area contributed by atoms with Crippen LogP contribution >= 0.6 is 0 Å². The van der Waals surface area contributed by atoms with Gasteiger partial charge < -0.3 is 10.3 Å². The van der Waals surface area contributed by atoms with Gasteiger partial charge in [-0.15, -0.1) is 0 Å². The van der Waals surface area contributed by atoms with Gasteiger partial charge in [-0.1, -0.05) is 49.4 Å². The molecular formula is C18H21N3. The smallest absolute Gasteiger partial charge is 0.108 e. The summed E-state index contributed by atoms with van der Waals surface area (Å²) in [4.78, 5) is 7.96. The van der Waals surface area contributed by atoms with Gasteiger partial charge in [-0.25, -0.2) is 4.98 Å². The second-order valence-electron chi connectivity index (χ2n) is 5.47. The van der Waals surface area contributed by atoms with Crippen LogP contribution in [0.15, 0.2) is 54.6 Å². The van der Waals surface area contributed by atoms with Crippen LogP contribution in [0.5, 0.6) is 0 Å². The lowest BCUT2D eigenvalue weighted by Gasteiger charge is -2.12. The molecule has 3 rings (SSSR count). The van der Waals surface area contributed by atoms with E-state index in [-0.39, 0.29) is 0 Å². The van der Waals surface area contributed by atoms with Crippen LogP contribution in [0.3, 0.4) is 0 Å². The molecule has 0 spiro atoms. The van der Waals surface area contributed by atoms with Gasteiger partial charge in [0.05, 0.1) is 11.0 Å². The number of aromatic nitrogens is 2. The molecule has 1 atom stereocenters. The van der Waals surface area contributed by atoms with Gasteiger partial charge >= 0.3 is 0 Å². The second-order valence-corrected chi connectivity index (χ2v) is 5.47. The average Bonchev–Trinajstić information content (AvgIpc) is 2.95. The van der Waals surface area contributed by atoms with Crippen LogP contribution in [0.4, 0.5) is 0 Å². The Kier molecular flexibility index (Phi) is 4.31. The second kappa shape index (κ2) is 6.55. The van der Waals surface area contributed by atoms with E-state index in [9.17, 15) is 0 Å². The molecule has 1 heterocycles. The van der Waals surface area contributed by atoms with Gasteiger partial charge in [-0.2, -0.15) is 0 Å². The number of H-pyrrole nitrogens is 1. The maximum Gasteiger partial charge on any atom is 0.108 e. The number of para-hydroxylation sites is 2. The Labute approximate surface area is 125 Å². The van der Waals surface area contributed by atoms with Crippen LogP contribution in [0.1, 0.15) is 24.2 Å². The summed E-state index contributed by atoms with van der Waals surface area (Å²) in [6.45, 7) is 4.19. The van der Waals surface area contributed by atoms with E-state index < -0.39 is 0 Å². The first-order valence-electron chi connectivity index (χ1n) is 7.52. The van der Waals surface area contributed by atoms with Crippen LogP contribution in [-0.4, -0.2) is 23.1 Å². The molecule has 0 saturated carbocycles. The molecule has 0 unspecified atom stereocenters. The van der Waals surface area contributed by atoms with Gasteiger partial charge in [0.25, 0.3) is 0 Å². The van der Waals surface area contributed by atoms with Crippen molar-refractivity contribution in [1.82, 2.24) is 15.3 Å². The number of nitrogens with zero attached hydrogens (tertiary/aromatic N) is 1. The highest BCUT2D eigenvalue weighted by atomic mass is 14.9. The van der Waals surface area contributed by atoms with Crippen LogP contribution in [0.25, 0.3) is 11.0 Å². The van der Waals surface area contributed by atoms with Crippen molar-refractivity contribution in [3.8, 4) is 0 Å². The summed E-state index contributed by atoms with van der Waals surface area (Å²) in [5, 5.41) is 3.52. The highest BCUT2D eigenvalue weighted by Crippen LogP contribution is 2.13. The van der Waals surface area contributed by atoms with E-state index >= 15 is 0 Å². The summed E-state index contributed by atoms with van der Waals surface area (Å²) in [5.41, 5.74) is 3.55. The minimum atomic E-state index is 0.530. The Hall–Kier alpha value is -2.13. The van der Waals surface area contributed by atoms with Crippen molar-refractivity contribution in [2.75, 3.05) is 13.1 Å². The Morgan fingerprint density at radius 2 is 1.81 bits per heavy atom. The summed E-state index contributed by atoms with van der Waals surface area (Å²) in [6.07, 6.45) is 0.927. The number of rotatable bonds is 6. The zero-order valence-electron chi connectivity index (χ0n) is 12.3. The van der Waals surface area contributed by atoms with Crippen molar-refractivity contribution in [2.45, 2.75) is 19.3 Å². The monoisotopic (exact) mass is 279 g/mol. The lowest BCUT2D eigenvalue weighted by atomic mass is 10.0. The first-order chi connectivity index (χ1) is 10.3. The number of hydrogen-bond acceptors (Lipinski definition) is 2. The lowest BCUT2D eigenvalue weighted by Crippen LogP contribution is -2.22. The van der Waals surface area contributed by atoms with E-state index in [0.717, 1.165) is 36.4 Å². The molecule has 1 aromatic heterocycles. The van der Waals surface area contributed by atoms with Crippen molar-refractivity contribution in [3.05, 3.63) is 66.0 Å². The molecular weight excluding hydrogens is 258 g/mol. The molecule has 2 N–H and O–H groups in total. The number of fused-ring (bicyclic) bond motifs is 1. The van der Waals surface area contributed by atoms with Gasteiger partial charge in [0.2, 0.25) is 0 Å². The molecule has 0 fully saturated rings. The van der Waals surface area contributed by atoms with Gasteiger partial charge in [0, 0.05) is 19.5 Å². The average molecular weight is 279 g/mol. The number of aromatic amines is 1. The van der Waals surface area contributed by atoms with E-state index in [4.69, 9.17) is 0 Å². The van der Waals surface area contributed by atoms with Crippen molar-refractivity contribution < 1.29 is 0 Å². The van der Waals surface area contributed by atoms with Crippen LogP contribution in [-0.2, 0) is 6.42 Å². The molecule has 0 aliphatic carbocycles. The topological polar surface area (TPSA) is 40.7 Å². The van der Waals surface area contributed by atoms with E-state index in [0.29, 0.717) is 5.92 Å². The zero-order valence-corrected chi connectivity index (χ0v) is 12.3. The molecule has 3 heteroatoms.